The zero-order chi connectivity index (χ0) is 19.0. The largest absolute Gasteiger partial charge is 0.337 e. The minimum atomic E-state index is -0.727. The number of likely N-dealkylation sites (tertiary alicyclic amines) is 1. The molecule has 27 heavy (non-hydrogen) atoms. The fourth-order valence-electron chi connectivity index (χ4n) is 4.53. The number of piperazine rings is 1. The lowest BCUT2D eigenvalue weighted by atomic mass is 9.81. The molecule has 1 saturated carbocycles. The second-order valence-electron chi connectivity index (χ2n) is 7.58. The molecular weight excluding hydrogens is 346 g/mol. The first-order valence-electron chi connectivity index (χ1n) is 9.75. The van der Waals surface area contributed by atoms with Crippen LogP contribution in [-0.4, -0.2) is 69.7 Å². The fourth-order valence-corrected chi connectivity index (χ4v) is 4.53. The third-order valence-electron chi connectivity index (χ3n) is 6.05. The van der Waals surface area contributed by atoms with E-state index in [1.807, 2.05) is 4.90 Å². The molecule has 0 spiro atoms. The van der Waals surface area contributed by atoms with Crippen molar-refractivity contribution in [2.75, 3.05) is 31.1 Å². The van der Waals surface area contributed by atoms with Gasteiger partial charge in [0.1, 0.15) is 6.04 Å². The Hall–Kier alpha value is -2.51. The van der Waals surface area contributed by atoms with Crippen molar-refractivity contribution in [3.8, 4) is 0 Å². The van der Waals surface area contributed by atoms with E-state index in [1.54, 1.807) is 30.3 Å². The predicted octanol–water partition coefficient (Wildman–Crippen LogP) is 0.689. The topological polar surface area (TPSA) is 86.7 Å². The predicted molar refractivity (Wildman–Crippen MR) is 97.6 cm³/mol. The van der Waals surface area contributed by atoms with Crippen LogP contribution in [0.25, 0.3) is 0 Å². The number of hydrogen-bond donors (Lipinski definition) is 0. The highest BCUT2D eigenvalue weighted by Gasteiger charge is 2.51. The van der Waals surface area contributed by atoms with Crippen molar-refractivity contribution in [2.45, 2.75) is 38.6 Å². The summed E-state index contributed by atoms with van der Waals surface area (Å²) >= 11 is 0. The second kappa shape index (κ2) is 7.25. The number of carbonyl (C=O) groups excluding carboxylic acids is 3. The monoisotopic (exact) mass is 371 g/mol. The Morgan fingerprint density at radius 3 is 2.11 bits per heavy atom. The van der Waals surface area contributed by atoms with Crippen molar-refractivity contribution in [1.29, 1.82) is 0 Å². The van der Waals surface area contributed by atoms with Gasteiger partial charge in [0.05, 0.1) is 11.8 Å². The highest BCUT2D eigenvalue weighted by atomic mass is 16.2. The minimum Gasteiger partial charge on any atom is -0.337 e. The molecular formula is C19H25N5O3. The summed E-state index contributed by atoms with van der Waals surface area (Å²) in [4.78, 5) is 51.9. The van der Waals surface area contributed by atoms with E-state index >= 15 is 0 Å². The standard InChI is InChI=1S/C19H25N5O3/c1-13(24-17(26)14-5-2-3-6-15(14)18(24)27)16(25)22-9-11-23(12-10-22)19-20-7-4-8-21-19/h4,7-8,13-15H,2-3,5-6,9-12H2,1H3/t13-,14-,15-/m1/s1. The Labute approximate surface area is 158 Å². The van der Waals surface area contributed by atoms with E-state index in [0.29, 0.717) is 32.1 Å². The van der Waals surface area contributed by atoms with E-state index in [-0.39, 0.29) is 29.6 Å². The summed E-state index contributed by atoms with van der Waals surface area (Å²) in [5.41, 5.74) is 0. The number of aromatic nitrogens is 2. The maximum atomic E-state index is 13.0. The first kappa shape index (κ1) is 17.9. The van der Waals surface area contributed by atoms with Gasteiger partial charge in [-0.25, -0.2) is 9.97 Å². The lowest BCUT2D eigenvalue weighted by Gasteiger charge is -2.37. The molecule has 144 valence electrons. The van der Waals surface area contributed by atoms with E-state index in [9.17, 15) is 14.4 Å². The Morgan fingerprint density at radius 1 is 1.00 bits per heavy atom. The average molecular weight is 371 g/mol. The van der Waals surface area contributed by atoms with Crippen LogP contribution in [0.5, 0.6) is 0 Å². The molecule has 3 aliphatic rings. The summed E-state index contributed by atoms with van der Waals surface area (Å²) in [7, 11) is 0. The highest BCUT2D eigenvalue weighted by Crippen LogP contribution is 2.39. The molecule has 2 aliphatic heterocycles. The molecule has 8 heteroatoms. The first-order valence-corrected chi connectivity index (χ1v) is 9.75. The Balaban J connectivity index is 1.40. The Morgan fingerprint density at radius 2 is 1.56 bits per heavy atom. The van der Waals surface area contributed by atoms with Gasteiger partial charge >= 0.3 is 0 Å². The quantitative estimate of drug-likeness (QED) is 0.727. The Kier molecular flexibility index (Phi) is 4.80. The normalized spacial score (nSPS) is 26.9. The van der Waals surface area contributed by atoms with Crippen LogP contribution in [-0.2, 0) is 14.4 Å². The molecule has 1 aromatic rings. The molecule has 2 saturated heterocycles. The average Bonchev–Trinajstić information content (AvgIpc) is 2.98. The zero-order valence-corrected chi connectivity index (χ0v) is 15.6. The molecule has 0 unspecified atom stereocenters. The van der Waals surface area contributed by atoms with Gasteiger partial charge in [-0.05, 0) is 25.8 Å². The van der Waals surface area contributed by atoms with Gasteiger partial charge in [-0.15, -0.1) is 0 Å². The van der Waals surface area contributed by atoms with E-state index < -0.39 is 6.04 Å². The van der Waals surface area contributed by atoms with Crippen LogP contribution < -0.4 is 4.90 Å². The number of hydrogen-bond acceptors (Lipinski definition) is 6. The SMILES string of the molecule is C[C@H](C(=O)N1CCN(c2ncccn2)CC1)N1C(=O)[C@@H]2CCCC[C@H]2C1=O. The smallest absolute Gasteiger partial charge is 0.245 e. The molecule has 8 nitrogen and oxygen atoms in total. The van der Waals surface area contributed by atoms with Gasteiger partial charge in [0.15, 0.2) is 0 Å². The summed E-state index contributed by atoms with van der Waals surface area (Å²) in [6.07, 6.45) is 6.91. The summed E-state index contributed by atoms with van der Waals surface area (Å²) in [5.74, 6) is -0.221. The van der Waals surface area contributed by atoms with Crippen molar-refractivity contribution in [1.82, 2.24) is 19.8 Å². The molecule has 0 bridgehead atoms. The first-order chi connectivity index (χ1) is 13.1. The van der Waals surface area contributed by atoms with E-state index in [1.165, 1.54) is 4.90 Å². The molecule has 1 aliphatic carbocycles. The van der Waals surface area contributed by atoms with Crippen LogP contribution in [0, 0.1) is 11.8 Å². The fraction of sp³-hybridized carbons (Fsp3) is 0.632. The Bertz CT molecular complexity index is 708. The number of amides is 3. The van der Waals surface area contributed by atoms with Gasteiger partial charge < -0.3 is 9.80 Å². The molecule has 3 fully saturated rings. The van der Waals surface area contributed by atoms with Gasteiger partial charge in [0.2, 0.25) is 23.7 Å². The van der Waals surface area contributed by atoms with Crippen molar-refractivity contribution >= 4 is 23.7 Å². The molecule has 3 heterocycles. The third-order valence-corrected chi connectivity index (χ3v) is 6.05. The van der Waals surface area contributed by atoms with Crippen LogP contribution in [0.4, 0.5) is 5.95 Å². The van der Waals surface area contributed by atoms with Crippen LogP contribution >= 0.6 is 0 Å². The number of imide groups is 1. The molecule has 4 rings (SSSR count). The van der Waals surface area contributed by atoms with Gasteiger partial charge in [0, 0.05) is 38.6 Å². The molecule has 0 N–H and O–H groups in total. The molecule has 1 aromatic heterocycles. The van der Waals surface area contributed by atoms with Gasteiger partial charge in [-0.2, -0.15) is 0 Å². The molecule has 3 amide bonds. The number of fused-ring (bicyclic) bond motifs is 1. The highest BCUT2D eigenvalue weighted by molar-refractivity contribution is 6.08. The van der Waals surface area contributed by atoms with Crippen LogP contribution in [0.3, 0.4) is 0 Å². The maximum absolute atomic E-state index is 13.0. The number of rotatable bonds is 3. The molecule has 0 aromatic carbocycles. The lowest BCUT2D eigenvalue weighted by Crippen LogP contribution is -2.55. The summed E-state index contributed by atoms with van der Waals surface area (Å²) in [6, 6.07) is 1.04. The van der Waals surface area contributed by atoms with Crippen molar-refractivity contribution in [3.63, 3.8) is 0 Å². The van der Waals surface area contributed by atoms with Crippen LogP contribution in [0.2, 0.25) is 0 Å². The maximum Gasteiger partial charge on any atom is 0.245 e. The third kappa shape index (κ3) is 3.17. The number of nitrogens with zero attached hydrogens (tertiary/aromatic N) is 5. The van der Waals surface area contributed by atoms with Crippen LogP contribution in [0.1, 0.15) is 32.6 Å². The van der Waals surface area contributed by atoms with E-state index in [0.717, 1.165) is 25.7 Å². The minimum absolute atomic E-state index is 0.149. The van der Waals surface area contributed by atoms with Gasteiger partial charge in [0.25, 0.3) is 0 Å². The summed E-state index contributed by atoms with van der Waals surface area (Å²) < 4.78 is 0. The van der Waals surface area contributed by atoms with Crippen molar-refractivity contribution in [3.05, 3.63) is 18.5 Å². The van der Waals surface area contributed by atoms with E-state index in [4.69, 9.17) is 0 Å². The lowest BCUT2D eigenvalue weighted by molar-refractivity contribution is -0.151. The van der Waals surface area contributed by atoms with Crippen LogP contribution in [0.15, 0.2) is 18.5 Å². The van der Waals surface area contributed by atoms with Gasteiger partial charge in [-0.1, -0.05) is 12.8 Å². The van der Waals surface area contributed by atoms with Crippen molar-refractivity contribution in [2.24, 2.45) is 11.8 Å². The molecule has 0 radical (unpaired) electrons. The van der Waals surface area contributed by atoms with E-state index in [2.05, 4.69) is 9.97 Å². The summed E-state index contributed by atoms with van der Waals surface area (Å²) in [5, 5.41) is 0. The van der Waals surface area contributed by atoms with Gasteiger partial charge in [-0.3, -0.25) is 19.3 Å². The summed E-state index contributed by atoms with van der Waals surface area (Å²) in [6.45, 7) is 4.02. The zero-order valence-electron chi connectivity index (χ0n) is 15.6. The second-order valence-corrected chi connectivity index (χ2v) is 7.58. The number of anilines is 1. The molecule has 3 atom stereocenters. The number of carbonyl (C=O) groups is 3. The van der Waals surface area contributed by atoms with Crippen molar-refractivity contribution < 1.29 is 14.4 Å².